The van der Waals surface area contributed by atoms with Crippen LogP contribution in [0.1, 0.15) is 4.88 Å². The van der Waals surface area contributed by atoms with Crippen molar-refractivity contribution < 1.29 is 31.5 Å². The number of aliphatic carboxylic acids is 1. The van der Waals surface area contributed by atoms with Crippen LogP contribution in [0.3, 0.4) is 0 Å². The van der Waals surface area contributed by atoms with Gasteiger partial charge in [-0.05, 0) is 12.1 Å². The highest BCUT2D eigenvalue weighted by molar-refractivity contribution is 7.91. The van der Waals surface area contributed by atoms with Crippen LogP contribution in [0.5, 0.6) is 0 Å². The summed E-state index contributed by atoms with van der Waals surface area (Å²) < 4.78 is 59.5. The first kappa shape index (κ1) is 14.9. The van der Waals surface area contributed by atoms with E-state index in [0.29, 0.717) is 11.3 Å². The minimum absolute atomic E-state index is 0.245. The standard InChI is InChI=1S/C8H8F3NO4S2/c9-8(10,11)4-12-18(15,16)7-2-1-5(17-7)3-6(13)14/h1-2,12H,3-4H2,(H,13,14). The smallest absolute Gasteiger partial charge is 0.402 e. The monoisotopic (exact) mass is 303 g/mol. The maximum atomic E-state index is 11.9. The van der Waals surface area contributed by atoms with Crippen molar-refractivity contribution in [1.29, 1.82) is 0 Å². The molecule has 0 aliphatic rings. The van der Waals surface area contributed by atoms with Gasteiger partial charge in [-0.3, -0.25) is 4.79 Å². The minimum Gasteiger partial charge on any atom is -0.481 e. The van der Waals surface area contributed by atoms with Gasteiger partial charge >= 0.3 is 12.1 Å². The van der Waals surface area contributed by atoms with Crippen molar-refractivity contribution in [3.05, 3.63) is 17.0 Å². The van der Waals surface area contributed by atoms with Crippen LogP contribution in [0.15, 0.2) is 16.3 Å². The van der Waals surface area contributed by atoms with Crippen molar-refractivity contribution in [3.63, 3.8) is 0 Å². The van der Waals surface area contributed by atoms with Crippen molar-refractivity contribution in [3.8, 4) is 0 Å². The molecule has 0 atom stereocenters. The predicted molar refractivity (Wildman–Crippen MR) is 56.9 cm³/mol. The van der Waals surface area contributed by atoms with Crippen molar-refractivity contribution in [2.75, 3.05) is 6.54 Å². The molecular weight excluding hydrogens is 295 g/mol. The van der Waals surface area contributed by atoms with Gasteiger partial charge in [0.05, 0.1) is 6.42 Å². The van der Waals surface area contributed by atoms with E-state index in [1.807, 2.05) is 0 Å². The highest BCUT2D eigenvalue weighted by atomic mass is 32.2. The summed E-state index contributed by atoms with van der Waals surface area (Å²) in [6, 6.07) is 2.32. The van der Waals surface area contributed by atoms with Crippen LogP contribution in [0.2, 0.25) is 0 Å². The molecule has 10 heteroatoms. The first-order valence-corrected chi connectivity index (χ1v) is 6.77. The molecule has 1 aromatic rings. The van der Waals surface area contributed by atoms with Crippen LogP contribution in [-0.4, -0.2) is 32.2 Å². The number of carboxylic acid groups (broad SMARTS) is 1. The average molecular weight is 303 g/mol. The molecule has 0 amide bonds. The summed E-state index contributed by atoms with van der Waals surface area (Å²) in [7, 11) is -4.25. The second-order valence-electron chi connectivity index (χ2n) is 3.23. The first-order chi connectivity index (χ1) is 8.10. The number of hydrogen-bond acceptors (Lipinski definition) is 4. The maximum absolute atomic E-state index is 11.9. The van der Waals surface area contributed by atoms with Crippen LogP contribution in [0.4, 0.5) is 13.2 Å². The minimum atomic E-state index is -4.64. The number of nitrogens with one attached hydrogen (secondary N) is 1. The third kappa shape index (κ3) is 4.63. The number of alkyl halides is 3. The predicted octanol–water partition coefficient (Wildman–Crippen LogP) is 1.22. The summed E-state index contributed by atoms with van der Waals surface area (Å²) in [5.41, 5.74) is 0. The van der Waals surface area contributed by atoms with Crippen molar-refractivity contribution >= 4 is 27.3 Å². The molecule has 1 rings (SSSR count). The van der Waals surface area contributed by atoms with Crippen LogP contribution < -0.4 is 4.72 Å². The van der Waals surface area contributed by atoms with E-state index in [4.69, 9.17) is 5.11 Å². The van der Waals surface area contributed by atoms with Gasteiger partial charge in [0.25, 0.3) is 0 Å². The molecule has 0 spiro atoms. The lowest BCUT2D eigenvalue weighted by Crippen LogP contribution is -2.33. The SMILES string of the molecule is O=C(O)Cc1ccc(S(=O)(=O)NCC(F)(F)F)s1. The van der Waals surface area contributed by atoms with Gasteiger partial charge in [-0.2, -0.15) is 13.2 Å². The molecule has 18 heavy (non-hydrogen) atoms. The molecule has 0 aromatic carbocycles. The quantitative estimate of drug-likeness (QED) is 0.856. The highest BCUT2D eigenvalue weighted by Gasteiger charge is 2.30. The summed E-state index contributed by atoms with van der Waals surface area (Å²) >= 11 is 0.620. The number of halogens is 3. The summed E-state index contributed by atoms with van der Waals surface area (Å²) in [6.45, 7) is -1.67. The van der Waals surface area contributed by atoms with Gasteiger partial charge in [0, 0.05) is 4.88 Å². The molecule has 0 bridgehead atoms. The molecule has 0 aliphatic heterocycles. The normalized spacial score (nSPS) is 12.6. The molecule has 0 saturated heterocycles. The van der Waals surface area contributed by atoms with Crippen molar-refractivity contribution in [2.45, 2.75) is 16.8 Å². The van der Waals surface area contributed by atoms with Gasteiger partial charge in [0.1, 0.15) is 10.8 Å². The Morgan fingerprint density at radius 1 is 1.39 bits per heavy atom. The van der Waals surface area contributed by atoms with Gasteiger partial charge in [0.2, 0.25) is 10.0 Å². The number of sulfonamides is 1. The van der Waals surface area contributed by atoms with E-state index in [-0.39, 0.29) is 15.5 Å². The molecule has 102 valence electrons. The van der Waals surface area contributed by atoms with Crippen LogP contribution in [0.25, 0.3) is 0 Å². The Kier molecular flexibility index (Phi) is 4.35. The van der Waals surface area contributed by atoms with Crippen molar-refractivity contribution in [2.24, 2.45) is 0 Å². The summed E-state index contributed by atoms with van der Waals surface area (Å²) in [5, 5.41) is 8.48. The molecule has 0 unspecified atom stereocenters. The fourth-order valence-electron chi connectivity index (χ4n) is 0.995. The molecule has 2 N–H and O–H groups in total. The first-order valence-electron chi connectivity index (χ1n) is 4.47. The molecule has 5 nitrogen and oxygen atoms in total. The average Bonchev–Trinajstić information content (AvgIpc) is 2.62. The molecule has 0 fully saturated rings. The van der Waals surface area contributed by atoms with Gasteiger partial charge in [0.15, 0.2) is 0 Å². The van der Waals surface area contributed by atoms with Crippen molar-refractivity contribution in [1.82, 2.24) is 4.72 Å². The summed E-state index contributed by atoms with van der Waals surface area (Å²) in [4.78, 5) is 10.6. The second kappa shape index (κ2) is 5.24. The fourth-order valence-corrected chi connectivity index (χ4v) is 3.40. The molecule has 1 heterocycles. The lowest BCUT2D eigenvalue weighted by atomic mass is 10.3. The molecule has 0 saturated carbocycles. The van der Waals surface area contributed by atoms with E-state index in [0.717, 1.165) is 6.07 Å². The van der Waals surface area contributed by atoms with E-state index in [9.17, 15) is 26.4 Å². The zero-order valence-electron chi connectivity index (χ0n) is 8.69. The van der Waals surface area contributed by atoms with Gasteiger partial charge in [-0.25, -0.2) is 13.1 Å². The number of thiophene rings is 1. The Morgan fingerprint density at radius 2 is 2.00 bits per heavy atom. The molecule has 0 aliphatic carbocycles. The van der Waals surface area contributed by atoms with E-state index in [1.165, 1.54) is 10.8 Å². The van der Waals surface area contributed by atoms with E-state index >= 15 is 0 Å². The van der Waals surface area contributed by atoms with Gasteiger partial charge < -0.3 is 5.11 Å². The fraction of sp³-hybridized carbons (Fsp3) is 0.375. The van der Waals surface area contributed by atoms with E-state index < -0.39 is 28.7 Å². The molecular formula is C8H8F3NO4S2. The number of hydrogen-bond donors (Lipinski definition) is 2. The maximum Gasteiger partial charge on any atom is 0.402 e. The molecule has 1 aromatic heterocycles. The largest absolute Gasteiger partial charge is 0.481 e. The summed E-state index contributed by atoms with van der Waals surface area (Å²) in [5.74, 6) is -1.15. The van der Waals surface area contributed by atoms with Gasteiger partial charge in [-0.1, -0.05) is 0 Å². The lowest BCUT2D eigenvalue weighted by molar-refractivity contribution is -0.136. The molecule has 0 radical (unpaired) electrons. The zero-order chi connectivity index (χ0) is 14.0. The number of carbonyl (C=O) groups is 1. The van der Waals surface area contributed by atoms with Gasteiger partial charge in [-0.15, -0.1) is 11.3 Å². The highest BCUT2D eigenvalue weighted by Crippen LogP contribution is 2.22. The number of rotatable bonds is 5. The van der Waals surface area contributed by atoms with E-state index in [1.54, 1.807) is 0 Å². The lowest BCUT2D eigenvalue weighted by Gasteiger charge is -2.07. The Morgan fingerprint density at radius 3 is 2.50 bits per heavy atom. The topological polar surface area (TPSA) is 83.5 Å². The second-order valence-corrected chi connectivity index (χ2v) is 6.39. The Balaban J connectivity index is 2.79. The zero-order valence-corrected chi connectivity index (χ0v) is 10.3. The Bertz CT molecular complexity index is 535. The third-order valence-electron chi connectivity index (χ3n) is 1.69. The Labute approximate surface area is 104 Å². The third-order valence-corrected chi connectivity index (χ3v) is 4.67. The Hall–Kier alpha value is -1.13. The van der Waals surface area contributed by atoms with Crippen LogP contribution >= 0.6 is 11.3 Å². The van der Waals surface area contributed by atoms with Crippen LogP contribution in [0, 0.1) is 0 Å². The summed E-state index contributed by atoms with van der Waals surface area (Å²) in [6.07, 6.45) is -5.02. The van der Waals surface area contributed by atoms with E-state index in [2.05, 4.69) is 0 Å². The number of carboxylic acids is 1. The van der Waals surface area contributed by atoms with Crippen LogP contribution in [-0.2, 0) is 21.2 Å².